The van der Waals surface area contributed by atoms with Gasteiger partial charge in [-0.2, -0.15) is 11.3 Å². The molecule has 0 aliphatic carbocycles. The van der Waals surface area contributed by atoms with Crippen molar-refractivity contribution in [3.8, 4) is 0 Å². The maximum atomic E-state index is 11.5. The Morgan fingerprint density at radius 2 is 1.63 bits per heavy atom. The first-order chi connectivity index (χ1) is 17.4. The van der Waals surface area contributed by atoms with Crippen molar-refractivity contribution in [2.45, 2.75) is 41.5 Å². The van der Waals surface area contributed by atoms with E-state index in [0.29, 0.717) is 0 Å². The fourth-order valence-corrected chi connectivity index (χ4v) is 5.21. The van der Waals surface area contributed by atoms with Crippen molar-refractivity contribution >= 4 is 70.1 Å². The fraction of sp³-hybridized carbons (Fsp3) is 0.250. The van der Waals surface area contributed by atoms with E-state index in [1.807, 2.05) is 65.9 Å². The Labute approximate surface area is 239 Å². The van der Waals surface area contributed by atoms with Crippen molar-refractivity contribution in [3.63, 3.8) is 0 Å². The Balaban J connectivity index is 0.000000209. The van der Waals surface area contributed by atoms with Gasteiger partial charge in [0, 0.05) is 64.2 Å². The average molecular weight is 701 g/mol. The quantitative estimate of drug-likeness (QED) is 0.106. The molecule has 0 fully saturated rings. The fourth-order valence-electron chi connectivity index (χ4n) is 4.08. The summed E-state index contributed by atoms with van der Waals surface area (Å²) in [7, 11) is 0. The minimum absolute atomic E-state index is 0. The maximum Gasteiger partial charge on any atom is 0.164 e. The van der Waals surface area contributed by atoms with Crippen LogP contribution in [0.4, 0.5) is 0 Å². The molecule has 6 heteroatoms. The summed E-state index contributed by atoms with van der Waals surface area (Å²) in [4.78, 5) is 16.2. The summed E-state index contributed by atoms with van der Waals surface area (Å²) in [5, 5.41) is 15.2. The molecule has 1 N–H and O–H groups in total. The summed E-state index contributed by atoms with van der Waals surface area (Å²) in [6.07, 6.45) is 3.16. The van der Waals surface area contributed by atoms with Crippen LogP contribution in [0.2, 0.25) is 0 Å². The zero-order valence-corrected chi connectivity index (χ0v) is 25.5. The third-order valence-corrected chi connectivity index (χ3v) is 7.46. The van der Waals surface area contributed by atoms with Crippen molar-refractivity contribution in [1.29, 1.82) is 0 Å². The predicted molar refractivity (Wildman–Crippen MR) is 155 cm³/mol. The number of rotatable bonds is 1. The van der Waals surface area contributed by atoms with E-state index in [0.717, 1.165) is 38.2 Å². The predicted octanol–water partition coefficient (Wildman–Crippen LogP) is 9.39. The maximum absolute atomic E-state index is 11.5. The molecule has 0 unspecified atom stereocenters. The van der Waals surface area contributed by atoms with Crippen LogP contribution in [-0.4, -0.2) is 15.9 Å². The number of nitrogens with zero attached hydrogens (tertiary/aromatic N) is 1. The van der Waals surface area contributed by atoms with E-state index in [4.69, 9.17) is 9.40 Å². The van der Waals surface area contributed by atoms with Crippen molar-refractivity contribution in [2.24, 2.45) is 10.8 Å². The van der Waals surface area contributed by atoms with Crippen molar-refractivity contribution in [3.05, 3.63) is 78.7 Å². The number of allylic oxidation sites excluding steroid dienone is 2. The first-order valence-electron chi connectivity index (χ1n) is 12.3. The van der Waals surface area contributed by atoms with E-state index in [-0.39, 0.29) is 37.1 Å². The monoisotopic (exact) mass is 701 g/mol. The summed E-state index contributed by atoms with van der Waals surface area (Å²) in [5.74, 6) is 0.104. The molecular formula is C32H30IrNO3S-. The summed E-state index contributed by atoms with van der Waals surface area (Å²) in [6.45, 7) is 11.1. The molecule has 3 heterocycles. The van der Waals surface area contributed by atoms with Gasteiger partial charge in [-0.05, 0) is 22.9 Å². The molecule has 0 aliphatic heterocycles. The van der Waals surface area contributed by atoms with E-state index in [2.05, 4.69) is 42.5 Å². The zero-order chi connectivity index (χ0) is 26.5. The molecule has 0 saturated heterocycles. The van der Waals surface area contributed by atoms with E-state index >= 15 is 0 Å². The van der Waals surface area contributed by atoms with E-state index in [1.165, 1.54) is 20.9 Å². The van der Waals surface area contributed by atoms with Crippen LogP contribution in [0, 0.1) is 16.9 Å². The Hall–Kier alpha value is -3.05. The summed E-state index contributed by atoms with van der Waals surface area (Å²) >= 11 is 1.77. The number of aliphatic hydroxyl groups excluding tert-OH is 1. The second-order valence-corrected chi connectivity index (χ2v) is 12.4. The standard InChI is InChI=1S/C21H10NOS.C11H20O2.Ir/c1-2-5-13-11-18-14(10-12(13)4-1)21-20-16(8-9-22-21)23-15-6-3-7-17(24-18)19(15)20;1-10(2,3)8(12)7-9(13)11(4,5)6;/h1-9,11H;7,12H,1-6H3;/q-1;;/b;8-7-;. The molecule has 3 aromatic carbocycles. The molecule has 1 radical (unpaired) electrons. The van der Waals surface area contributed by atoms with Crippen LogP contribution < -0.4 is 0 Å². The molecule has 0 saturated carbocycles. The van der Waals surface area contributed by atoms with Gasteiger partial charge in [0.25, 0.3) is 0 Å². The Morgan fingerprint density at radius 1 is 0.921 bits per heavy atom. The second-order valence-electron chi connectivity index (χ2n) is 11.4. The molecule has 0 atom stereocenters. The smallest absolute Gasteiger partial charge is 0.164 e. The van der Waals surface area contributed by atoms with Crippen LogP contribution >= 0.6 is 11.3 Å². The zero-order valence-electron chi connectivity index (χ0n) is 22.3. The van der Waals surface area contributed by atoms with Gasteiger partial charge >= 0.3 is 0 Å². The number of ketones is 1. The molecular weight excluding hydrogens is 671 g/mol. The SMILES string of the molecule is CC(C)(C)C(=O)/C=C(\O)C(C)(C)C.[Ir].[c-]1c2ccccc2cc2sc3cccc4oc5ccnc(c12)c5c43. The Bertz CT molecular complexity index is 1830. The Morgan fingerprint density at radius 3 is 2.34 bits per heavy atom. The molecule has 3 aromatic heterocycles. The van der Waals surface area contributed by atoms with Crippen molar-refractivity contribution < 1.29 is 34.4 Å². The summed E-state index contributed by atoms with van der Waals surface area (Å²) < 4.78 is 8.45. The van der Waals surface area contributed by atoms with E-state index < -0.39 is 5.41 Å². The van der Waals surface area contributed by atoms with Crippen LogP contribution in [0.5, 0.6) is 0 Å². The topological polar surface area (TPSA) is 63.3 Å². The molecule has 0 bridgehead atoms. The second kappa shape index (κ2) is 10.3. The number of fused-ring (bicyclic) bond motifs is 3. The van der Waals surface area contributed by atoms with Gasteiger partial charge in [-0.15, -0.1) is 23.6 Å². The molecule has 0 amide bonds. The summed E-state index contributed by atoms with van der Waals surface area (Å²) in [5.41, 5.74) is 2.00. The number of hydrogen-bond donors (Lipinski definition) is 1. The molecule has 4 nitrogen and oxygen atoms in total. The molecule has 0 aliphatic rings. The van der Waals surface area contributed by atoms with Gasteiger partial charge in [-0.25, -0.2) is 0 Å². The first-order valence-corrected chi connectivity index (χ1v) is 13.1. The number of hydrogen-bond acceptors (Lipinski definition) is 5. The van der Waals surface area contributed by atoms with E-state index in [9.17, 15) is 9.90 Å². The van der Waals surface area contributed by atoms with Crippen LogP contribution in [0.15, 0.2) is 77.0 Å². The number of aromatic nitrogens is 1. The molecule has 38 heavy (non-hydrogen) atoms. The number of carbonyl (C=O) groups is 1. The van der Waals surface area contributed by atoms with Gasteiger partial charge < -0.3 is 9.52 Å². The molecule has 6 rings (SSSR count). The number of furan rings is 1. The van der Waals surface area contributed by atoms with Crippen LogP contribution in [0.3, 0.4) is 0 Å². The molecule has 197 valence electrons. The van der Waals surface area contributed by atoms with Gasteiger partial charge in [-0.1, -0.05) is 76.6 Å². The number of aliphatic hydroxyl groups is 1. The largest absolute Gasteiger partial charge is 0.512 e. The number of pyridine rings is 1. The third kappa shape index (κ3) is 5.26. The third-order valence-electron chi connectivity index (χ3n) is 6.36. The minimum atomic E-state index is -0.417. The Kier molecular flexibility index (Phi) is 7.55. The van der Waals surface area contributed by atoms with Gasteiger partial charge in [0.05, 0.1) is 0 Å². The average Bonchev–Trinajstić information content (AvgIpc) is 3.16. The van der Waals surface area contributed by atoms with Crippen LogP contribution in [-0.2, 0) is 24.9 Å². The number of carbonyl (C=O) groups excluding carboxylic acids is 1. The van der Waals surface area contributed by atoms with Gasteiger partial charge in [-0.3, -0.25) is 9.78 Å². The van der Waals surface area contributed by atoms with Gasteiger partial charge in [0.1, 0.15) is 16.9 Å². The van der Waals surface area contributed by atoms with Crippen LogP contribution in [0.1, 0.15) is 41.5 Å². The van der Waals surface area contributed by atoms with E-state index in [1.54, 1.807) is 11.3 Å². The van der Waals surface area contributed by atoms with Crippen LogP contribution in [0.25, 0.3) is 53.0 Å². The van der Waals surface area contributed by atoms with Gasteiger partial charge in [0.2, 0.25) is 0 Å². The number of benzene rings is 3. The van der Waals surface area contributed by atoms with Crippen molar-refractivity contribution in [1.82, 2.24) is 4.98 Å². The normalized spacial score (nSPS) is 12.6. The van der Waals surface area contributed by atoms with Gasteiger partial charge in [0.15, 0.2) is 5.78 Å². The minimum Gasteiger partial charge on any atom is -0.512 e. The molecule has 6 aromatic rings. The molecule has 0 spiro atoms. The van der Waals surface area contributed by atoms with Crippen molar-refractivity contribution in [2.75, 3.05) is 0 Å². The first kappa shape index (κ1) is 28.0. The summed E-state index contributed by atoms with van der Waals surface area (Å²) in [6, 6.07) is 22.4.